The molecule has 4 heteroatoms. The van der Waals surface area contributed by atoms with Crippen molar-refractivity contribution in [2.24, 2.45) is 0 Å². The van der Waals surface area contributed by atoms with Gasteiger partial charge in [-0.05, 0) is 17.7 Å². The molecular formula is C16H18N2O2. The second kappa shape index (κ2) is 7.96. The Hall–Kier alpha value is -2.33. The molecule has 0 unspecified atom stereocenters. The molecule has 2 aromatic rings. The van der Waals surface area contributed by atoms with Gasteiger partial charge in [-0.25, -0.2) is 4.79 Å². The Bertz CT molecular complexity index is 515. The van der Waals surface area contributed by atoms with Gasteiger partial charge in [-0.15, -0.1) is 0 Å². The number of hydrogen-bond donors (Lipinski definition) is 2. The van der Waals surface area contributed by atoms with Crippen LogP contribution < -0.4 is 15.4 Å². The third kappa shape index (κ3) is 5.12. The molecule has 0 aliphatic heterocycles. The molecule has 1 amide bonds. The molecule has 2 rings (SSSR count). The lowest BCUT2D eigenvalue weighted by atomic mass is 10.2. The van der Waals surface area contributed by atoms with Crippen molar-refractivity contribution in [3.63, 3.8) is 0 Å². The van der Waals surface area contributed by atoms with E-state index in [1.807, 2.05) is 36.4 Å². The van der Waals surface area contributed by atoms with Crippen molar-refractivity contribution in [3.8, 4) is 5.75 Å². The van der Waals surface area contributed by atoms with Gasteiger partial charge in [0, 0.05) is 19.6 Å². The molecule has 104 valence electrons. The number of para-hydroxylation sites is 1. The summed E-state index contributed by atoms with van der Waals surface area (Å²) in [5.41, 5.74) is 1.22. The Labute approximate surface area is 118 Å². The second-order valence-corrected chi connectivity index (χ2v) is 4.29. The van der Waals surface area contributed by atoms with Crippen molar-refractivity contribution in [3.05, 3.63) is 66.2 Å². The Balaban J connectivity index is 1.58. The normalized spacial score (nSPS) is 10.0. The van der Waals surface area contributed by atoms with Crippen LogP contribution >= 0.6 is 0 Å². The van der Waals surface area contributed by atoms with E-state index in [9.17, 15) is 4.79 Å². The van der Waals surface area contributed by atoms with Crippen molar-refractivity contribution in [2.75, 3.05) is 13.1 Å². The van der Waals surface area contributed by atoms with Gasteiger partial charge in [-0.2, -0.15) is 0 Å². The van der Waals surface area contributed by atoms with Crippen LogP contribution in [-0.4, -0.2) is 19.2 Å². The lowest BCUT2D eigenvalue weighted by molar-refractivity contribution is 0.200. The van der Waals surface area contributed by atoms with Crippen LogP contribution in [0.3, 0.4) is 0 Å². The van der Waals surface area contributed by atoms with Gasteiger partial charge >= 0.3 is 6.09 Å². The van der Waals surface area contributed by atoms with E-state index in [1.54, 1.807) is 12.1 Å². The number of amides is 1. The standard InChI is InChI=1S/C16H18N2O2/c19-16(20-15-9-5-2-6-10-15)18-12-11-17-13-14-7-3-1-4-8-14/h1-10,17H,11-13H2,(H,18,19). The highest BCUT2D eigenvalue weighted by Gasteiger charge is 2.02. The van der Waals surface area contributed by atoms with E-state index >= 15 is 0 Å². The zero-order valence-electron chi connectivity index (χ0n) is 11.2. The Morgan fingerprint density at radius 3 is 2.25 bits per heavy atom. The van der Waals surface area contributed by atoms with Gasteiger partial charge in [-0.3, -0.25) is 0 Å². The summed E-state index contributed by atoms with van der Waals surface area (Å²) in [4.78, 5) is 11.5. The van der Waals surface area contributed by atoms with Gasteiger partial charge in [0.1, 0.15) is 5.75 Å². The zero-order chi connectivity index (χ0) is 14.0. The van der Waals surface area contributed by atoms with E-state index in [1.165, 1.54) is 5.56 Å². The minimum absolute atomic E-state index is 0.433. The molecule has 0 aromatic heterocycles. The van der Waals surface area contributed by atoms with Crippen molar-refractivity contribution < 1.29 is 9.53 Å². The van der Waals surface area contributed by atoms with Crippen LogP contribution in [-0.2, 0) is 6.54 Å². The van der Waals surface area contributed by atoms with Crippen molar-refractivity contribution >= 4 is 6.09 Å². The van der Waals surface area contributed by atoms with E-state index in [-0.39, 0.29) is 0 Å². The van der Waals surface area contributed by atoms with Gasteiger partial charge in [-0.1, -0.05) is 48.5 Å². The smallest absolute Gasteiger partial charge is 0.410 e. The number of ether oxygens (including phenoxy) is 1. The number of rotatable bonds is 6. The molecule has 2 aromatic carbocycles. The van der Waals surface area contributed by atoms with E-state index in [0.29, 0.717) is 18.8 Å². The summed E-state index contributed by atoms with van der Waals surface area (Å²) >= 11 is 0. The monoisotopic (exact) mass is 270 g/mol. The Morgan fingerprint density at radius 2 is 1.55 bits per heavy atom. The molecule has 0 atom stereocenters. The number of hydrogen-bond acceptors (Lipinski definition) is 3. The molecule has 4 nitrogen and oxygen atoms in total. The quantitative estimate of drug-likeness (QED) is 0.793. The van der Waals surface area contributed by atoms with E-state index < -0.39 is 6.09 Å². The second-order valence-electron chi connectivity index (χ2n) is 4.29. The largest absolute Gasteiger partial charge is 0.412 e. The van der Waals surface area contributed by atoms with Crippen molar-refractivity contribution in [1.29, 1.82) is 0 Å². The first-order valence-electron chi connectivity index (χ1n) is 6.60. The number of benzene rings is 2. The van der Waals surface area contributed by atoms with Gasteiger partial charge in [0.2, 0.25) is 0 Å². The van der Waals surface area contributed by atoms with E-state index in [2.05, 4.69) is 22.8 Å². The first-order chi connectivity index (χ1) is 9.84. The molecule has 20 heavy (non-hydrogen) atoms. The molecule has 0 fully saturated rings. The predicted octanol–water partition coefficient (Wildman–Crippen LogP) is 2.56. The average molecular weight is 270 g/mol. The highest BCUT2D eigenvalue weighted by Crippen LogP contribution is 2.07. The first kappa shape index (κ1) is 14.1. The van der Waals surface area contributed by atoms with Gasteiger partial charge < -0.3 is 15.4 Å². The average Bonchev–Trinajstić information content (AvgIpc) is 2.49. The topological polar surface area (TPSA) is 50.4 Å². The minimum atomic E-state index is -0.433. The molecule has 0 spiro atoms. The summed E-state index contributed by atoms with van der Waals surface area (Å²) in [5.74, 6) is 0.544. The summed E-state index contributed by atoms with van der Waals surface area (Å²) in [5, 5.41) is 5.94. The summed E-state index contributed by atoms with van der Waals surface area (Å²) in [6.45, 7) is 2.01. The van der Waals surface area contributed by atoms with Gasteiger partial charge in [0.05, 0.1) is 0 Å². The number of carbonyl (C=O) groups is 1. The zero-order valence-corrected chi connectivity index (χ0v) is 11.2. The Kier molecular flexibility index (Phi) is 5.61. The third-order valence-electron chi connectivity index (χ3n) is 2.70. The molecule has 0 aliphatic carbocycles. The maximum absolute atomic E-state index is 11.5. The fraction of sp³-hybridized carbons (Fsp3) is 0.188. The van der Waals surface area contributed by atoms with Crippen LogP contribution in [0.4, 0.5) is 4.79 Å². The Morgan fingerprint density at radius 1 is 0.900 bits per heavy atom. The van der Waals surface area contributed by atoms with Crippen LogP contribution in [0, 0.1) is 0 Å². The molecule has 0 radical (unpaired) electrons. The van der Waals surface area contributed by atoms with E-state index in [4.69, 9.17) is 4.74 Å². The van der Waals surface area contributed by atoms with Crippen LogP contribution in [0.2, 0.25) is 0 Å². The van der Waals surface area contributed by atoms with Crippen LogP contribution in [0.25, 0.3) is 0 Å². The molecule has 0 saturated heterocycles. The van der Waals surface area contributed by atoms with Crippen molar-refractivity contribution in [1.82, 2.24) is 10.6 Å². The highest BCUT2D eigenvalue weighted by molar-refractivity contribution is 5.70. The van der Waals surface area contributed by atoms with E-state index in [0.717, 1.165) is 6.54 Å². The van der Waals surface area contributed by atoms with Crippen LogP contribution in [0.5, 0.6) is 5.75 Å². The molecule has 0 saturated carbocycles. The summed E-state index contributed by atoms with van der Waals surface area (Å²) < 4.78 is 5.10. The van der Waals surface area contributed by atoms with Gasteiger partial charge in [0.25, 0.3) is 0 Å². The maximum atomic E-state index is 11.5. The molecule has 0 bridgehead atoms. The minimum Gasteiger partial charge on any atom is -0.410 e. The summed E-state index contributed by atoms with van der Waals surface area (Å²) in [6, 6.07) is 19.1. The fourth-order valence-corrected chi connectivity index (χ4v) is 1.71. The molecular weight excluding hydrogens is 252 g/mol. The summed E-state index contributed by atoms with van der Waals surface area (Å²) in [6.07, 6.45) is -0.433. The number of nitrogens with one attached hydrogen (secondary N) is 2. The lowest BCUT2D eigenvalue weighted by Crippen LogP contribution is -2.33. The first-order valence-corrected chi connectivity index (χ1v) is 6.60. The maximum Gasteiger partial charge on any atom is 0.412 e. The van der Waals surface area contributed by atoms with Gasteiger partial charge in [0.15, 0.2) is 0 Å². The third-order valence-corrected chi connectivity index (χ3v) is 2.70. The van der Waals surface area contributed by atoms with Crippen LogP contribution in [0.15, 0.2) is 60.7 Å². The number of carbonyl (C=O) groups excluding carboxylic acids is 1. The SMILES string of the molecule is O=C(NCCNCc1ccccc1)Oc1ccccc1. The summed E-state index contributed by atoms with van der Waals surface area (Å²) in [7, 11) is 0. The predicted molar refractivity (Wildman–Crippen MR) is 78.6 cm³/mol. The fourth-order valence-electron chi connectivity index (χ4n) is 1.71. The van der Waals surface area contributed by atoms with Crippen molar-refractivity contribution in [2.45, 2.75) is 6.54 Å². The molecule has 0 aliphatic rings. The molecule has 2 N–H and O–H groups in total. The highest BCUT2D eigenvalue weighted by atomic mass is 16.5. The molecule has 0 heterocycles. The van der Waals surface area contributed by atoms with Crippen LogP contribution in [0.1, 0.15) is 5.56 Å². The lowest BCUT2D eigenvalue weighted by Gasteiger charge is -2.07.